The lowest BCUT2D eigenvalue weighted by molar-refractivity contribution is 0.581. The minimum atomic E-state index is -3.47. The lowest BCUT2D eigenvalue weighted by atomic mass is 10.2. The van der Waals surface area contributed by atoms with E-state index in [1.165, 1.54) is 11.3 Å². The van der Waals surface area contributed by atoms with Gasteiger partial charge in [0.25, 0.3) is 0 Å². The predicted molar refractivity (Wildman–Crippen MR) is 84.7 cm³/mol. The summed E-state index contributed by atoms with van der Waals surface area (Å²) in [6, 6.07) is 5.45. The maximum absolute atomic E-state index is 12.2. The van der Waals surface area contributed by atoms with E-state index < -0.39 is 10.0 Å². The zero-order valence-electron chi connectivity index (χ0n) is 12.1. The van der Waals surface area contributed by atoms with Crippen molar-refractivity contribution in [2.45, 2.75) is 31.8 Å². The van der Waals surface area contributed by atoms with Gasteiger partial charge in [-0.15, -0.1) is 11.3 Å². The Kier molecular flexibility index (Phi) is 5.46. The number of thiophene rings is 1. The highest BCUT2D eigenvalue weighted by Crippen LogP contribution is 2.19. The van der Waals surface area contributed by atoms with Gasteiger partial charge in [-0.25, -0.2) is 13.1 Å². The summed E-state index contributed by atoms with van der Waals surface area (Å²) in [5.74, 6) is 0. The molecule has 7 heteroatoms. The molecule has 0 bridgehead atoms. The highest BCUT2D eigenvalue weighted by atomic mass is 32.2. The van der Waals surface area contributed by atoms with Gasteiger partial charge < -0.3 is 5.32 Å². The number of sulfonamides is 1. The van der Waals surface area contributed by atoms with Gasteiger partial charge in [-0.2, -0.15) is 0 Å². The summed E-state index contributed by atoms with van der Waals surface area (Å²) in [5.41, 5.74) is 1.75. The Morgan fingerprint density at radius 1 is 1.29 bits per heavy atom. The van der Waals surface area contributed by atoms with E-state index in [0.717, 1.165) is 22.7 Å². The van der Waals surface area contributed by atoms with Crippen LogP contribution in [0.25, 0.3) is 0 Å². The van der Waals surface area contributed by atoms with Crippen LogP contribution < -0.4 is 10.0 Å². The van der Waals surface area contributed by atoms with E-state index in [1.807, 2.05) is 26.0 Å². The molecule has 0 aliphatic carbocycles. The van der Waals surface area contributed by atoms with Crippen LogP contribution in [0, 0.1) is 6.92 Å². The van der Waals surface area contributed by atoms with Crippen molar-refractivity contribution < 1.29 is 8.42 Å². The van der Waals surface area contributed by atoms with Crippen LogP contribution in [0.1, 0.15) is 23.1 Å². The van der Waals surface area contributed by atoms with Gasteiger partial charge in [0.1, 0.15) is 0 Å². The quantitative estimate of drug-likeness (QED) is 0.817. The SMILES string of the molecule is CCNCc1cc(S(=O)(=O)NCc2ccc(C)nc2)cs1. The standard InChI is InChI=1S/C14H19N3O2S2/c1-3-15-9-13-6-14(10-20-13)21(18,19)17-8-12-5-4-11(2)16-7-12/h4-7,10,15,17H,3,8-9H2,1-2H3. The van der Waals surface area contributed by atoms with Gasteiger partial charge in [0.15, 0.2) is 0 Å². The molecule has 0 saturated carbocycles. The van der Waals surface area contributed by atoms with Crippen LogP contribution in [0.5, 0.6) is 0 Å². The summed E-state index contributed by atoms with van der Waals surface area (Å²) < 4.78 is 27.0. The van der Waals surface area contributed by atoms with Gasteiger partial charge in [0.2, 0.25) is 10.0 Å². The molecule has 2 heterocycles. The van der Waals surface area contributed by atoms with Crippen molar-refractivity contribution in [3.8, 4) is 0 Å². The summed E-state index contributed by atoms with van der Waals surface area (Å²) in [5, 5.41) is 4.85. The third kappa shape index (κ3) is 4.60. The maximum Gasteiger partial charge on any atom is 0.241 e. The lowest BCUT2D eigenvalue weighted by Crippen LogP contribution is -2.22. The van der Waals surface area contributed by atoms with E-state index in [0.29, 0.717) is 11.4 Å². The zero-order chi connectivity index (χ0) is 15.3. The molecule has 0 atom stereocenters. The topological polar surface area (TPSA) is 71.1 Å². The van der Waals surface area contributed by atoms with E-state index in [-0.39, 0.29) is 6.54 Å². The number of rotatable bonds is 7. The first-order chi connectivity index (χ1) is 10.0. The van der Waals surface area contributed by atoms with Crippen molar-refractivity contribution in [3.63, 3.8) is 0 Å². The van der Waals surface area contributed by atoms with Crippen molar-refractivity contribution in [1.82, 2.24) is 15.0 Å². The van der Waals surface area contributed by atoms with Crippen molar-refractivity contribution in [2.24, 2.45) is 0 Å². The first-order valence-corrected chi connectivity index (χ1v) is 9.07. The molecule has 0 aromatic carbocycles. The van der Waals surface area contributed by atoms with Crippen LogP contribution in [0.2, 0.25) is 0 Å². The molecule has 21 heavy (non-hydrogen) atoms. The number of aromatic nitrogens is 1. The van der Waals surface area contributed by atoms with E-state index >= 15 is 0 Å². The second kappa shape index (κ2) is 7.13. The van der Waals surface area contributed by atoms with E-state index in [9.17, 15) is 8.42 Å². The molecule has 0 aliphatic rings. The van der Waals surface area contributed by atoms with Crippen LogP contribution >= 0.6 is 11.3 Å². The Bertz CT molecular complexity index is 678. The van der Waals surface area contributed by atoms with Crippen LogP contribution in [-0.4, -0.2) is 19.9 Å². The molecule has 2 aromatic heterocycles. The molecular weight excluding hydrogens is 306 g/mol. The normalized spacial score (nSPS) is 11.7. The van der Waals surface area contributed by atoms with E-state index in [1.54, 1.807) is 17.6 Å². The molecule has 114 valence electrons. The van der Waals surface area contributed by atoms with E-state index in [4.69, 9.17) is 0 Å². The van der Waals surface area contributed by atoms with Crippen LogP contribution in [0.3, 0.4) is 0 Å². The summed E-state index contributed by atoms with van der Waals surface area (Å²) in [6.07, 6.45) is 1.68. The van der Waals surface area contributed by atoms with E-state index in [2.05, 4.69) is 15.0 Å². The Hall–Kier alpha value is -1.28. The highest BCUT2D eigenvalue weighted by molar-refractivity contribution is 7.89. The largest absolute Gasteiger partial charge is 0.312 e. The summed E-state index contributed by atoms with van der Waals surface area (Å²) in [4.78, 5) is 5.48. The number of hydrogen-bond donors (Lipinski definition) is 2. The third-order valence-corrected chi connectivity index (χ3v) is 5.39. The fourth-order valence-corrected chi connectivity index (χ4v) is 3.97. The minimum absolute atomic E-state index is 0.244. The van der Waals surface area contributed by atoms with Gasteiger partial charge in [-0.3, -0.25) is 4.98 Å². The smallest absolute Gasteiger partial charge is 0.241 e. The molecule has 2 N–H and O–H groups in total. The van der Waals surface area contributed by atoms with Crippen molar-refractivity contribution >= 4 is 21.4 Å². The van der Waals surface area contributed by atoms with Gasteiger partial charge in [0.05, 0.1) is 4.90 Å². The molecule has 5 nitrogen and oxygen atoms in total. The fraction of sp³-hybridized carbons (Fsp3) is 0.357. The Morgan fingerprint density at radius 2 is 2.10 bits per heavy atom. The second-order valence-electron chi connectivity index (χ2n) is 4.66. The Morgan fingerprint density at radius 3 is 2.76 bits per heavy atom. The average molecular weight is 325 g/mol. The van der Waals surface area contributed by atoms with Gasteiger partial charge in [-0.1, -0.05) is 13.0 Å². The van der Waals surface area contributed by atoms with Gasteiger partial charge >= 0.3 is 0 Å². The van der Waals surface area contributed by atoms with Crippen LogP contribution in [-0.2, 0) is 23.1 Å². The monoisotopic (exact) mass is 325 g/mol. The predicted octanol–water partition coefficient (Wildman–Crippen LogP) is 2.04. The molecule has 2 aromatic rings. The molecule has 0 fully saturated rings. The number of nitrogens with one attached hydrogen (secondary N) is 2. The minimum Gasteiger partial charge on any atom is -0.312 e. The first-order valence-electron chi connectivity index (χ1n) is 6.70. The molecule has 0 unspecified atom stereocenters. The number of aryl methyl sites for hydroxylation is 1. The summed E-state index contributed by atoms with van der Waals surface area (Å²) in [7, 11) is -3.47. The molecule has 2 rings (SSSR count). The van der Waals surface area contributed by atoms with Gasteiger partial charge in [0, 0.05) is 35.2 Å². The molecule has 0 spiro atoms. The lowest BCUT2D eigenvalue weighted by Gasteiger charge is -2.05. The second-order valence-corrected chi connectivity index (χ2v) is 7.42. The fourth-order valence-electron chi connectivity index (χ4n) is 1.71. The van der Waals surface area contributed by atoms with Gasteiger partial charge in [-0.05, 0) is 31.2 Å². The van der Waals surface area contributed by atoms with Crippen molar-refractivity contribution in [3.05, 3.63) is 45.9 Å². The Labute approximate surface area is 129 Å². The summed E-state index contributed by atoms with van der Waals surface area (Å²) >= 11 is 1.45. The zero-order valence-corrected chi connectivity index (χ0v) is 13.7. The molecule has 0 saturated heterocycles. The number of hydrogen-bond acceptors (Lipinski definition) is 5. The maximum atomic E-state index is 12.2. The Balaban J connectivity index is 2.00. The first kappa shape index (κ1) is 16.1. The highest BCUT2D eigenvalue weighted by Gasteiger charge is 2.15. The number of nitrogens with zero attached hydrogens (tertiary/aromatic N) is 1. The van der Waals surface area contributed by atoms with Crippen LogP contribution in [0.15, 0.2) is 34.7 Å². The van der Waals surface area contributed by atoms with Crippen LogP contribution in [0.4, 0.5) is 0 Å². The third-order valence-electron chi connectivity index (χ3n) is 2.93. The molecular formula is C14H19N3O2S2. The number of pyridine rings is 1. The van der Waals surface area contributed by atoms with Crippen molar-refractivity contribution in [2.75, 3.05) is 6.54 Å². The molecule has 0 amide bonds. The van der Waals surface area contributed by atoms with Crippen molar-refractivity contribution in [1.29, 1.82) is 0 Å². The average Bonchev–Trinajstić information content (AvgIpc) is 2.94. The summed E-state index contributed by atoms with van der Waals surface area (Å²) in [6.45, 7) is 5.71. The molecule has 0 aliphatic heterocycles. The molecule has 0 radical (unpaired) electrons.